The van der Waals surface area contributed by atoms with E-state index < -0.39 is 11.7 Å². The van der Waals surface area contributed by atoms with E-state index in [0.717, 1.165) is 31.0 Å². The predicted octanol–water partition coefficient (Wildman–Crippen LogP) is 3.83. The first-order chi connectivity index (χ1) is 12.7. The summed E-state index contributed by atoms with van der Waals surface area (Å²) in [6, 6.07) is 6.44. The molecule has 1 fully saturated rings. The van der Waals surface area contributed by atoms with E-state index in [0.29, 0.717) is 22.2 Å². The smallest absolute Gasteiger partial charge is 0.398 e. The largest absolute Gasteiger partial charge is 0.416 e. The van der Waals surface area contributed by atoms with Crippen LogP contribution in [0, 0.1) is 0 Å². The van der Waals surface area contributed by atoms with Gasteiger partial charge in [0.1, 0.15) is 5.82 Å². The van der Waals surface area contributed by atoms with Gasteiger partial charge in [-0.15, -0.1) is 0 Å². The minimum atomic E-state index is -4.35. The van der Waals surface area contributed by atoms with E-state index in [1.807, 2.05) is 14.1 Å². The van der Waals surface area contributed by atoms with Crippen molar-refractivity contribution in [1.29, 1.82) is 0 Å². The van der Waals surface area contributed by atoms with Crippen LogP contribution in [-0.4, -0.2) is 47.9 Å². The zero-order chi connectivity index (χ0) is 19.6. The van der Waals surface area contributed by atoms with E-state index in [1.54, 1.807) is 24.2 Å². The Balaban J connectivity index is 1.64. The van der Waals surface area contributed by atoms with Crippen LogP contribution in [-0.2, 0) is 6.18 Å². The van der Waals surface area contributed by atoms with Crippen molar-refractivity contribution in [2.24, 2.45) is 4.99 Å². The predicted molar refractivity (Wildman–Crippen MR) is 105 cm³/mol. The first kappa shape index (κ1) is 19.5. The molecule has 27 heavy (non-hydrogen) atoms. The van der Waals surface area contributed by atoms with E-state index >= 15 is 0 Å². The molecule has 0 atom stereocenters. The number of anilines is 2. The Kier molecular flexibility index (Phi) is 5.61. The second-order valence-electron chi connectivity index (χ2n) is 6.42. The number of nitrogen functional groups attached to an aromatic ring is 1. The molecular formula is C18H20F3N5S. The number of hydrogen-bond donors (Lipinski definition) is 1. The molecule has 2 N–H and O–H groups in total. The monoisotopic (exact) mass is 395 g/mol. The van der Waals surface area contributed by atoms with Gasteiger partial charge in [-0.3, -0.25) is 9.30 Å². The van der Waals surface area contributed by atoms with E-state index in [2.05, 4.69) is 19.2 Å². The number of benzene rings is 1. The lowest BCUT2D eigenvalue weighted by Gasteiger charge is -2.40. The lowest BCUT2D eigenvalue weighted by atomic mass is 10.2. The Bertz CT molecular complexity index is 815. The minimum Gasteiger partial charge on any atom is -0.398 e. The van der Waals surface area contributed by atoms with Crippen LogP contribution < -0.4 is 10.6 Å². The molecule has 1 aromatic carbocycles. The lowest BCUT2D eigenvalue weighted by molar-refractivity contribution is -0.137. The van der Waals surface area contributed by atoms with Crippen molar-refractivity contribution in [3.8, 4) is 0 Å². The molecule has 0 unspecified atom stereocenters. The van der Waals surface area contributed by atoms with Crippen molar-refractivity contribution in [3.05, 3.63) is 47.7 Å². The number of alkyl halides is 3. The second-order valence-corrected chi connectivity index (χ2v) is 8.03. The highest BCUT2D eigenvalue weighted by Crippen LogP contribution is 2.31. The fraction of sp³-hybridized carbons (Fsp3) is 0.333. The molecular weight excluding hydrogens is 375 g/mol. The highest BCUT2D eigenvalue weighted by Gasteiger charge is 2.30. The molecule has 0 radical (unpaired) electrons. The number of aromatic nitrogens is 1. The first-order valence-corrected chi connectivity index (χ1v) is 9.12. The van der Waals surface area contributed by atoms with Crippen LogP contribution in [0.15, 0.2) is 41.5 Å². The van der Waals surface area contributed by atoms with Crippen molar-refractivity contribution in [2.45, 2.75) is 11.4 Å². The van der Waals surface area contributed by atoms with Gasteiger partial charge in [0.15, 0.2) is 0 Å². The molecule has 9 heteroatoms. The fourth-order valence-corrected chi connectivity index (χ4v) is 3.71. The lowest BCUT2D eigenvalue weighted by Crippen LogP contribution is -2.50. The molecule has 1 aliphatic heterocycles. The standard InChI is InChI=1S/C18H20F3N5S/c1-25(2)27-15-10-26(11-15)17-7-16(22)12(9-24-17)8-23-14-5-3-13(4-6-14)18(19,20)21/h3-9,15H,10-11H2,1-2H3,(H2,22,24). The molecule has 1 saturated heterocycles. The molecule has 2 heterocycles. The van der Waals surface area contributed by atoms with Gasteiger partial charge in [0.2, 0.25) is 0 Å². The van der Waals surface area contributed by atoms with Gasteiger partial charge in [-0.05, 0) is 38.4 Å². The van der Waals surface area contributed by atoms with Crippen LogP contribution in [0.1, 0.15) is 11.1 Å². The van der Waals surface area contributed by atoms with E-state index in [9.17, 15) is 13.2 Å². The van der Waals surface area contributed by atoms with Crippen LogP contribution in [0.25, 0.3) is 0 Å². The summed E-state index contributed by atoms with van der Waals surface area (Å²) >= 11 is 1.80. The van der Waals surface area contributed by atoms with Crippen molar-refractivity contribution in [2.75, 3.05) is 37.8 Å². The van der Waals surface area contributed by atoms with E-state index in [4.69, 9.17) is 5.73 Å². The Morgan fingerprint density at radius 1 is 1.26 bits per heavy atom. The molecule has 1 aliphatic rings. The SMILES string of the molecule is CN(C)SC1CN(c2cc(N)c(C=Nc3ccc(C(F)(F)F)cc3)cn2)C1. The number of pyridine rings is 1. The van der Waals surface area contributed by atoms with Crippen LogP contribution >= 0.6 is 11.9 Å². The van der Waals surface area contributed by atoms with Gasteiger partial charge in [0.05, 0.1) is 16.5 Å². The van der Waals surface area contributed by atoms with Gasteiger partial charge in [-0.25, -0.2) is 4.98 Å². The van der Waals surface area contributed by atoms with Crippen molar-refractivity contribution < 1.29 is 13.2 Å². The highest BCUT2D eigenvalue weighted by molar-refractivity contribution is 7.97. The maximum Gasteiger partial charge on any atom is 0.416 e. The molecule has 144 valence electrons. The van der Waals surface area contributed by atoms with Gasteiger partial charge in [0, 0.05) is 42.8 Å². The maximum absolute atomic E-state index is 12.6. The molecule has 0 saturated carbocycles. The van der Waals surface area contributed by atoms with Gasteiger partial charge < -0.3 is 10.6 Å². The summed E-state index contributed by atoms with van der Waals surface area (Å²) in [7, 11) is 4.04. The van der Waals surface area contributed by atoms with Crippen LogP contribution in [0.5, 0.6) is 0 Å². The average Bonchev–Trinajstić information content (AvgIpc) is 2.56. The third-order valence-electron chi connectivity index (χ3n) is 4.03. The number of halogens is 3. The van der Waals surface area contributed by atoms with Crippen LogP contribution in [0.3, 0.4) is 0 Å². The van der Waals surface area contributed by atoms with Gasteiger partial charge in [-0.2, -0.15) is 13.2 Å². The maximum atomic E-state index is 12.6. The molecule has 3 rings (SSSR count). The molecule has 2 aromatic rings. The Hall–Kier alpha value is -2.26. The molecule has 0 bridgehead atoms. The number of rotatable bonds is 5. The molecule has 0 aliphatic carbocycles. The zero-order valence-corrected chi connectivity index (χ0v) is 15.8. The number of aliphatic imine (C=N–C) groups is 1. The summed E-state index contributed by atoms with van der Waals surface area (Å²) in [4.78, 5) is 10.7. The Morgan fingerprint density at radius 2 is 1.93 bits per heavy atom. The zero-order valence-electron chi connectivity index (χ0n) is 14.9. The Morgan fingerprint density at radius 3 is 2.48 bits per heavy atom. The number of hydrogen-bond acceptors (Lipinski definition) is 6. The third kappa shape index (κ3) is 4.92. The molecule has 0 amide bonds. The summed E-state index contributed by atoms with van der Waals surface area (Å²) in [5, 5.41) is 0.545. The molecule has 1 aromatic heterocycles. The van der Waals surface area contributed by atoms with Gasteiger partial charge in [0.25, 0.3) is 0 Å². The third-order valence-corrected chi connectivity index (χ3v) is 5.05. The number of nitrogens with zero attached hydrogens (tertiary/aromatic N) is 4. The molecule has 5 nitrogen and oxygen atoms in total. The summed E-state index contributed by atoms with van der Waals surface area (Å²) in [6.07, 6.45) is -1.21. The summed E-state index contributed by atoms with van der Waals surface area (Å²) in [5.41, 5.74) is 6.94. The topological polar surface area (TPSA) is 57.8 Å². The summed E-state index contributed by atoms with van der Waals surface area (Å²) in [5.74, 6) is 0.815. The Labute approximate surface area is 160 Å². The normalized spacial score (nSPS) is 15.6. The first-order valence-electron chi connectivity index (χ1n) is 8.28. The quantitative estimate of drug-likeness (QED) is 0.616. The second kappa shape index (κ2) is 7.77. The van der Waals surface area contributed by atoms with Crippen molar-refractivity contribution in [1.82, 2.24) is 9.29 Å². The summed E-state index contributed by atoms with van der Waals surface area (Å²) < 4.78 is 39.8. The average molecular weight is 395 g/mol. The van der Waals surface area contributed by atoms with Crippen LogP contribution in [0.2, 0.25) is 0 Å². The van der Waals surface area contributed by atoms with Gasteiger partial charge in [-0.1, -0.05) is 11.9 Å². The van der Waals surface area contributed by atoms with Crippen molar-refractivity contribution in [3.63, 3.8) is 0 Å². The van der Waals surface area contributed by atoms with Crippen LogP contribution in [0.4, 0.5) is 30.4 Å². The van der Waals surface area contributed by atoms with E-state index in [1.165, 1.54) is 18.3 Å². The fourth-order valence-electron chi connectivity index (χ4n) is 2.62. The van der Waals surface area contributed by atoms with Crippen molar-refractivity contribution >= 4 is 35.4 Å². The molecule has 0 spiro atoms. The van der Waals surface area contributed by atoms with Gasteiger partial charge >= 0.3 is 6.18 Å². The number of nitrogens with two attached hydrogens (primary N) is 1. The van der Waals surface area contributed by atoms with E-state index in [-0.39, 0.29) is 0 Å². The minimum absolute atomic E-state index is 0.415. The summed E-state index contributed by atoms with van der Waals surface area (Å²) in [6.45, 7) is 1.82. The highest BCUT2D eigenvalue weighted by atomic mass is 32.2.